The van der Waals surface area contributed by atoms with E-state index in [4.69, 9.17) is 4.52 Å². The van der Waals surface area contributed by atoms with Gasteiger partial charge in [-0.25, -0.2) is 0 Å². The average Bonchev–Trinajstić information content (AvgIpc) is 3.15. The topological polar surface area (TPSA) is 51.0 Å². The summed E-state index contributed by atoms with van der Waals surface area (Å²) >= 11 is 3.45. The molecular weight excluding hydrogens is 330 g/mol. The Bertz CT molecular complexity index is 813. The van der Waals surface area contributed by atoms with Gasteiger partial charge in [0, 0.05) is 28.7 Å². The second-order valence-electron chi connectivity index (χ2n) is 5.02. The summed E-state index contributed by atoms with van der Waals surface area (Å²) in [5.41, 5.74) is 4.54. The highest BCUT2D eigenvalue weighted by atomic mass is 79.9. The second kappa shape index (κ2) is 5.09. The number of rotatable bonds is 2. The second-order valence-corrected chi connectivity index (χ2v) is 5.94. The molecule has 0 spiro atoms. The molecule has 0 amide bonds. The maximum atomic E-state index is 5.41. The summed E-state index contributed by atoms with van der Waals surface area (Å²) in [7, 11) is 0. The zero-order valence-corrected chi connectivity index (χ0v) is 12.7. The Morgan fingerprint density at radius 1 is 1.00 bits per heavy atom. The minimum absolute atomic E-state index is 0.555. The highest BCUT2D eigenvalue weighted by Crippen LogP contribution is 2.26. The molecule has 104 valence electrons. The van der Waals surface area contributed by atoms with Crippen LogP contribution >= 0.6 is 15.9 Å². The molecule has 1 N–H and O–H groups in total. The standard InChI is InChI=1S/C16H12BrN3O/c17-14-3-1-2-10(7-14)15-19-16(21-20-15)11-4-5-12-8-18-9-13(12)6-11/h1-7,18H,8-9H2. The molecule has 1 aliphatic heterocycles. The Morgan fingerprint density at radius 2 is 1.90 bits per heavy atom. The largest absolute Gasteiger partial charge is 0.334 e. The van der Waals surface area contributed by atoms with Gasteiger partial charge in [0.25, 0.3) is 5.89 Å². The Kier molecular flexibility index (Phi) is 3.09. The summed E-state index contributed by atoms with van der Waals surface area (Å²) in [6.45, 7) is 1.83. The van der Waals surface area contributed by atoms with Crippen LogP contribution in [-0.4, -0.2) is 10.1 Å². The number of nitrogens with zero attached hydrogens (tertiary/aromatic N) is 2. The van der Waals surface area contributed by atoms with Crippen LogP contribution < -0.4 is 5.32 Å². The molecule has 2 aromatic carbocycles. The molecule has 3 aromatic rings. The summed E-state index contributed by atoms with van der Waals surface area (Å²) in [5.74, 6) is 1.16. The van der Waals surface area contributed by atoms with Crippen molar-refractivity contribution in [3.63, 3.8) is 0 Å². The van der Waals surface area contributed by atoms with E-state index in [0.717, 1.165) is 28.7 Å². The fourth-order valence-electron chi connectivity index (χ4n) is 2.51. The molecular formula is C16H12BrN3O. The molecule has 1 aliphatic rings. The maximum absolute atomic E-state index is 5.41. The van der Waals surface area contributed by atoms with E-state index in [-0.39, 0.29) is 0 Å². The minimum Gasteiger partial charge on any atom is -0.334 e. The fourth-order valence-corrected chi connectivity index (χ4v) is 2.91. The van der Waals surface area contributed by atoms with Crippen LogP contribution in [0.15, 0.2) is 51.5 Å². The number of hydrogen-bond donors (Lipinski definition) is 1. The van der Waals surface area contributed by atoms with Crippen LogP contribution in [0.4, 0.5) is 0 Å². The molecule has 0 aliphatic carbocycles. The number of aromatic nitrogens is 2. The lowest BCUT2D eigenvalue weighted by Gasteiger charge is -1.99. The third-order valence-electron chi connectivity index (χ3n) is 3.59. The van der Waals surface area contributed by atoms with Crippen LogP contribution in [0.2, 0.25) is 0 Å². The molecule has 0 atom stereocenters. The van der Waals surface area contributed by atoms with Gasteiger partial charge in [-0.3, -0.25) is 0 Å². The summed E-state index contributed by atoms with van der Waals surface area (Å²) in [5, 5.41) is 7.41. The van der Waals surface area contributed by atoms with Gasteiger partial charge in [-0.15, -0.1) is 0 Å². The molecule has 0 saturated heterocycles. The lowest BCUT2D eigenvalue weighted by atomic mass is 10.1. The van der Waals surface area contributed by atoms with Crippen molar-refractivity contribution >= 4 is 15.9 Å². The van der Waals surface area contributed by atoms with Crippen molar-refractivity contribution in [2.24, 2.45) is 0 Å². The number of halogens is 1. The molecule has 21 heavy (non-hydrogen) atoms. The monoisotopic (exact) mass is 341 g/mol. The van der Waals surface area contributed by atoms with E-state index >= 15 is 0 Å². The smallest absolute Gasteiger partial charge is 0.258 e. The van der Waals surface area contributed by atoms with Crippen molar-refractivity contribution in [1.29, 1.82) is 0 Å². The van der Waals surface area contributed by atoms with E-state index in [1.165, 1.54) is 11.1 Å². The Labute approximate surface area is 130 Å². The highest BCUT2D eigenvalue weighted by molar-refractivity contribution is 9.10. The van der Waals surface area contributed by atoms with Gasteiger partial charge in [0.05, 0.1) is 0 Å². The number of benzene rings is 2. The minimum atomic E-state index is 0.555. The summed E-state index contributed by atoms with van der Waals surface area (Å²) < 4.78 is 6.40. The third-order valence-corrected chi connectivity index (χ3v) is 4.09. The first kappa shape index (κ1) is 12.7. The Hall–Kier alpha value is -1.98. The molecule has 0 saturated carbocycles. The van der Waals surface area contributed by atoms with E-state index < -0.39 is 0 Å². The first-order chi connectivity index (χ1) is 10.3. The van der Waals surface area contributed by atoms with E-state index in [1.807, 2.05) is 30.3 Å². The zero-order valence-electron chi connectivity index (χ0n) is 11.1. The molecule has 0 fully saturated rings. The van der Waals surface area contributed by atoms with Gasteiger partial charge in [0.1, 0.15) is 0 Å². The SMILES string of the molecule is Brc1cccc(-c2noc(-c3ccc4c(c3)CNC4)n2)c1. The molecule has 0 bridgehead atoms. The fraction of sp³-hybridized carbons (Fsp3) is 0.125. The van der Waals surface area contributed by atoms with Crippen LogP contribution in [0.3, 0.4) is 0 Å². The van der Waals surface area contributed by atoms with Gasteiger partial charge in [0.15, 0.2) is 0 Å². The van der Waals surface area contributed by atoms with Gasteiger partial charge in [-0.2, -0.15) is 4.98 Å². The first-order valence-corrected chi connectivity index (χ1v) is 7.51. The van der Waals surface area contributed by atoms with Gasteiger partial charge in [-0.1, -0.05) is 39.3 Å². The summed E-state index contributed by atoms with van der Waals surface area (Å²) in [4.78, 5) is 4.50. The van der Waals surface area contributed by atoms with Crippen LogP contribution in [0.25, 0.3) is 22.8 Å². The maximum Gasteiger partial charge on any atom is 0.258 e. The molecule has 0 unspecified atom stereocenters. The van der Waals surface area contributed by atoms with Crippen molar-refractivity contribution in [3.05, 3.63) is 58.1 Å². The van der Waals surface area contributed by atoms with Gasteiger partial charge < -0.3 is 9.84 Å². The van der Waals surface area contributed by atoms with E-state index in [1.54, 1.807) is 0 Å². The number of nitrogens with one attached hydrogen (secondary N) is 1. The van der Waals surface area contributed by atoms with Gasteiger partial charge in [0.2, 0.25) is 5.82 Å². The third kappa shape index (κ3) is 2.39. The quantitative estimate of drug-likeness (QED) is 0.770. The first-order valence-electron chi connectivity index (χ1n) is 6.72. The predicted octanol–water partition coefficient (Wildman–Crippen LogP) is 3.77. The Morgan fingerprint density at radius 3 is 2.81 bits per heavy atom. The Balaban J connectivity index is 1.71. The number of fused-ring (bicyclic) bond motifs is 1. The highest BCUT2D eigenvalue weighted by Gasteiger charge is 2.15. The summed E-state index contributed by atoms with van der Waals surface area (Å²) in [6, 6.07) is 14.1. The lowest BCUT2D eigenvalue weighted by Crippen LogP contribution is -1.99. The van der Waals surface area contributed by atoms with E-state index in [2.05, 4.69) is 43.5 Å². The van der Waals surface area contributed by atoms with Crippen molar-refractivity contribution in [1.82, 2.24) is 15.5 Å². The normalized spacial score (nSPS) is 13.4. The number of hydrogen-bond acceptors (Lipinski definition) is 4. The van der Waals surface area contributed by atoms with Gasteiger partial charge in [-0.05, 0) is 35.4 Å². The molecule has 4 nitrogen and oxygen atoms in total. The van der Waals surface area contributed by atoms with Crippen molar-refractivity contribution in [2.75, 3.05) is 0 Å². The molecule has 4 rings (SSSR count). The van der Waals surface area contributed by atoms with Crippen LogP contribution in [-0.2, 0) is 13.1 Å². The average molecular weight is 342 g/mol. The van der Waals surface area contributed by atoms with Gasteiger partial charge >= 0.3 is 0 Å². The lowest BCUT2D eigenvalue weighted by molar-refractivity contribution is 0.432. The predicted molar refractivity (Wildman–Crippen MR) is 83.4 cm³/mol. The van der Waals surface area contributed by atoms with Crippen molar-refractivity contribution in [3.8, 4) is 22.8 Å². The molecule has 5 heteroatoms. The molecule has 1 aromatic heterocycles. The van der Waals surface area contributed by atoms with Crippen molar-refractivity contribution < 1.29 is 4.52 Å². The summed E-state index contributed by atoms with van der Waals surface area (Å²) in [6.07, 6.45) is 0. The van der Waals surface area contributed by atoms with Crippen LogP contribution in [0.1, 0.15) is 11.1 Å². The van der Waals surface area contributed by atoms with Crippen LogP contribution in [0, 0.1) is 0 Å². The van der Waals surface area contributed by atoms with E-state index in [0.29, 0.717) is 11.7 Å². The molecule has 2 heterocycles. The molecule has 0 radical (unpaired) electrons. The van der Waals surface area contributed by atoms with Crippen molar-refractivity contribution in [2.45, 2.75) is 13.1 Å². The zero-order chi connectivity index (χ0) is 14.2. The van der Waals surface area contributed by atoms with Crippen LogP contribution in [0.5, 0.6) is 0 Å². The van der Waals surface area contributed by atoms with E-state index in [9.17, 15) is 0 Å².